The van der Waals surface area contributed by atoms with Crippen LogP contribution in [0.5, 0.6) is 5.75 Å². The highest BCUT2D eigenvalue weighted by atomic mass is 16.5. The minimum absolute atomic E-state index is 0.00718. The van der Waals surface area contributed by atoms with Gasteiger partial charge in [-0.1, -0.05) is 12.1 Å². The van der Waals surface area contributed by atoms with Crippen molar-refractivity contribution >= 4 is 17.5 Å². The maximum atomic E-state index is 12.3. The lowest BCUT2D eigenvalue weighted by molar-refractivity contribution is -0.128. The predicted octanol–water partition coefficient (Wildman–Crippen LogP) is 0.654. The fourth-order valence-electron chi connectivity index (χ4n) is 2.79. The van der Waals surface area contributed by atoms with E-state index < -0.39 is 6.10 Å². The molecule has 2 unspecified atom stereocenters. The van der Waals surface area contributed by atoms with Gasteiger partial charge in [0, 0.05) is 12.6 Å². The molecule has 0 radical (unpaired) electrons. The second kappa shape index (κ2) is 5.96. The van der Waals surface area contributed by atoms with Gasteiger partial charge in [0.1, 0.15) is 12.3 Å². The molecule has 1 aliphatic carbocycles. The third-order valence-corrected chi connectivity index (χ3v) is 4.17. The summed E-state index contributed by atoms with van der Waals surface area (Å²) in [5.41, 5.74) is 6.34. The van der Waals surface area contributed by atoms with Crippen LogP contribution in [0.3, 0.4) is 0 Å². The second-order valence-corrected chi connectivity index (χ2v) is 5.90. The Morgan fingerprint density at radius 3 is 2.86 bits per heavy atom. The van der Waals surface area contributed by atoms with E-state index in [1.165, 1.54) is 4.90 Å². The van der Waals surface area contributed by atoms with Crippen molar-refractivity contribution in [2.45, 2.75) is 31.9 Å². The number of hydrogen-bond donors (Lipinski definition) is 2. The molecule has 0 saturated heterocycles. The molecule has 2 aliphatic rings. The molecule has 0 spiro atoms. The normalized spacial score (nSPS) is 21.8. The number of anilines is 1. The summed E-state index contributed by atoms with van der Waals surface area (Å²) in [5.74, 6) is 0.727. The van der Waals surface area contributed by atoms with Crippen LogP contribution in [-0.2, 0) is 9.59 Å². The third kappa shape index (κ3) is 2.92. The molecule has 1 fully saturated rings. The van der Waals surface area contributed by atoms with Gasteiger partial charge in [-0.3, -0.25) is 14.5 Å². The van der Waals surface area contributed by atoms with Crippen LogP contribution in [-0.4, -0.2) is 37.0 Å². The smallest absolute Gasteiger partial charge is 0.268 e. The summed E-state index contributed by atoms with van der Waals surface area (Å²) >= 11 is 0. The monoisotopic (exact) mass is 303 g/mol. The first-order chi connectivity index (χ1) is 10.6. The lowest BCUT2D eigenvalue weighted by atomic mass is 10.1. The Bertz CT molecular complexity index is 586. The number of rotatable bonds is 5. The molecule has 118 valence electrons. The molecule has 3 rings (SSSR count). The molecular formula is C16H21N3O3. The van der Waals surface area contributed by atoms with Gasteiger partial charge in [0.15, 0.2) is 6.10 Å². The fraction of sp³-hybridized carbons (Fsp3) is 0.500. The number of nitrogens with one attached hydrogen (secondary N) is 1. The molecule has 1 saturated carbocycles. The number of fused-ring (bicyclic) bond motifs is 1. The van der Waals surface area contributed by atoms with Gasteiger partial charge in [-0.25, -0.2) is 0 Å². The van der Waals surface area contributed by atoms with Gasteiger partial charge in [0.05, 0.1) is 5.69 Å². The van der Waals surface area contributed by atoms with Crippen molar-refractivity contribution in [3.05, 3.63) is 24.3 Å². The van der Waals surface area contributed by atoms with Crippen molar-refractivity contribution in [2.75, 3.05) is 18.0 Å². The summed E-state index contributed by atoms with van der Waals surface area (Å²) in [7, 11) is 0. The van der Waals surface area contributed by atoms with Crippen LogP contribution in [0.2, 0.25) is 0 Å². The van der Waals surface area contributed by atoms with Crippen LogP contribution < -0.4 is 20.7 Å². The maximum Gasteiger partial charge on any atom is 0.268 e. The largest absolute Gasteiger partial charge is 0.479 e. The van der Waals surface area contributed by atoms with Crippen molar-refractivity contribution in [3.8, 4) is 5.75 Å². The third-order valence-electron chi connectivity index (χ3n) is 4.17. The zero-order chi connectivity index (χ0) is 15.7. The number of benzene rings is 1. The van der Waals surface area contributed by atoms with Gasteiger partial charge in [0.25, 0.3) is 5.91 Å². The molecule has 2 atom stereocenters. The van der Waals surface area contributed by atoms with Gasteiger partial charge in [-0.2, -0.15) is 0 Å². The molecule has 1 aromatic rings. The van der Waals surface area contributed by atoms with Crippen LogP contribution in [0.4, 0.5) is 5.69 Å². The molecule has 6 heteroatoms. The van der Waals surface area contributed by atoms with Crippen molar-refractivity contribution < 1.29 is 14.3 Å². The number of amides is 2. The van der Waals surface area contributed by atoms with E-state index in [0.717, 1.165) is 12.8 Å². The van der Waals surface area contributed by atoms with Gasteiger partial charge in [-0.15, -0.1) is 0 Å². The zero-order valence-electron chi connectivity index (χ0n) is 12.6. The summed E-state index contributed by atoms with van der Waals surface area (Å²) in [6.45, 7) is 2.11. The Morgan fingerprint density at radius 2 is 2.18 bits per heavy atom. The molecular weight excluding hydrogens is 282 g/mol. The van der Waals surface area contributed by atoms with E-state index in [-0.39, 0.29) is 24.4 Å². The SMILES string of the molecule is CC1Oc2ccccc2N(CC(=O)NC(CN)C2CC2)C1=O. The highest BCUT2D eigenvalue weighted by Crippen LogP contribution is 2.34. The summed E-state index contributed by atoms with van der Waals surface area (Å²) in [6, 6.07) is 7.26. The van der Waals surface area contributed by atoms with Crippen LogP contribution in [0.15, 0.2) is 24.3 Å². The van der Waals surface area contributed by atoms with Gasteiger partial charge in [0.2, 0.25) is 5.91 Å². The lowest BCUT2D eigenvalue weighted by Crippen LogP contribution is -2.51. The number of carbonyl (C=O) groups is 2. The Kier molecular flexibility index (Phi) is 4.02. The van der Waals surface area contributed by atoms with Crippen LogP contribution in [0, 0.1) is 5.92 Å². The molecule has 3 N–H and O–H groups in total. The number of nitrogens with zero attached hydrogens (tertiary/aromatic N) is 1. The van der Waals surface area contributed by atoms with Crippen molar-refractivity contribution in [1.82, 2.24) is 5.32 Å². The van der Waals surface area contributed by atoms with Crippen LogP contribution in [0.1, 0.15) is 19.8 Å². The number of carbonyl (C=O) groups excluding carboxylic acids is 2. The number of hydrogen-bond acceptors (Lipinski definition) is 4. The maximum absolute atomic E-state index is 12.3. The summed E-state index contributed by atoms with van der Waals surface area (Å²) in [4.78, 5) is 26.1. The van der Waals surface area contributed by atoms with E-state index in [4.69, 9.17) is 10.5 Å². The Balaban J connectivity index is 1.72. The molecule has 22 heavy (non-hydrogen) atoms. The molecule has 0 aromatic heterocycles. The highest BCUT2D eigenvalue weighted by Gasteiger charge is 2.35. The second-order valence-electron chi connectivity index (χ2n) is 5.90. The molecule has 6 nitrogen and oxygen atoms in total. The molecule has 2 amide bonds. The Labute approximate surface area is 129 Å². The van der Waals surface area contributed by atoms with E-state index >= 15 is 0 Å². The van der Waals surface area contributed by atoms with E-state index in [9.17, 15) is 9.59 Å². The first-order valence-electron chi connectivity index (χ1n) is 7.66. The van der Waals surface area contributed by atoms with E-state index in [1.54, 1.807) is 19.1 Å². The quantitative estimate of drug-likeness (QED) is 0.836. The average Bonchev–Trinajstić information content (AvgIpc) is 3.34. The fourth-order valence-corrected chi connectivity index (χ4v) is 2.79. The summed E-state index contributed by atoms with van der Waals surface area (Å²) in [5, 5.41) is 2.94. The predicted molar refractivity (Wildman–Crippen MR) is 82.6 cm³/mol. The van der Waals surface area contributed by atoms with Crippen LogP contribution in [0.25, 0.3) is 0 Å². The first kappa shape index (κ1) is 14.8. The van der Waals surface area contributed by atoms with Crippen molar-refractivity contribution in [2.24, 2.45) is 11.7 Å². The number of ether oxygens (including phenoxy) is 1. The average molecular weight is 303 g/mol. The highest BCUT2D eigenvalue weighted by molar-refractivity contribution is 6.03. The summed E-state index contributed by atoms with van der Waals surface area (Å²) in [6.07, 6.45) is 1.63. The van der Waals surface area contributed by atoms with Gasteiger partial charge < -0.3 is 15.8 Å². The lowest BCUT2D eigenvalue weighted by Gasteiger charge is -2.32. The summed E-state index contributed by atoms with van der Waals surface area (Å²) < 4.78 is 5.56. The van der Waals surface area contributed by atoms with Crippen LogP contribution >= 0.6 is 0 Å². The standard InChI is InChI=1S/C16H21N3O3/c1-10-16(21)19(13-4-2-3-5-14(13)22-10)9-15(20)18-12(8-17)11-6-7-11/h2-5,10-12H,6-9,17H2,1H3,(H,18,20). The number of nitrogens with two attached hydrogens (primary N) is 1. The molecule has 1 aliphatic heterocycles. The molecule has 1 aromatic carbocycles. The number of para-hydroxylation sites is 2. The topological polar surface area (TPSA) is 84.7 Å². The Hall–Kier alpha value is -2.08. The first-order valence-corrected chi connectivity index (χ1v) is 7.66. The molecule has 0 bridgehead atoms. The van der Waals surface area contributed by atoms with Gasteiger partial charge >= 0.3 is 0 Å². The van der Waals surface area contributed by atoms with Crippen molar-refractivity contribution in [1.29, 1.82) is 0 Å². The van der Waals surface area contributed by atoms with Crippen molar-refractivity contribution in [3.63, 3.8) is 0 Å². The van der Waals surface area contributed by atoms with Gasteiger partial charge in [-0.05, 0) is 37.8 Å². The molecule has 1 heterocycles. The zero-order valence-corrected chi connectivity index (χ0v) is 12.6. The van der Waals surface area contributed by atoms with E-state index in [1.807, 2.05) is 12.1 Å². The van der Waals surface area contributed by atoms with E-state index in [2.05, 4.69) is 5.32 Å². The minimum Gasteiger partial charge on any atom is -0.479 e. The Morgan fingerprint density at radius 1 is 1.45 bits per heavy atom. The van der Waals surface area contributed by atoms with E-state index in [0.29, 0.717) is 23.9 Å². The minimum atomic E-state index is -0.587.